The van der Waals surface area contributed by atoms with Crippen LogP contribution in [0.1, 0.15) is 49.3 Å². The summed E-state index contributed by atoms with van der Waals surface area (Å²) < 4.78 is 0. The van der Waals surface area contributed by atoms with Gasteiger partial charge >= 0.3 is 0 Å². The lowest BCUT2D eigenvalue weighted by Crippen LogP contribution is -2.43. The maximum atomic E-state index is 11.6. The van der Waals surface area contributed by atoms with E-state index in [9.17, 15) is 4.79 Å². The number of amides is 1. The molecular weight excluding hydrogens is 222 g/mol. The standard InChI is InChI=1S/C16H23NO/c1-11-5-7-15(9-12(11)2)16-8-6-13(3)17(10-16)14(4)18/h5,7,9,13,16H,6,8,10H2,1-4H3/t13-,16-/m1/s1. The first-order chi connectivity index (χ1) is 8.49. The van der Waals surface area contributed by atoms with E-state index in [4.69, 9.17) is 0 Å². The summed E-state index contributed by atoms with van der Waals surface area (Å²) in [5, 5.41) is 0. The Hall–Kier alpha value is -1.31. The van der Waals surface area contributed by atoms with Crippen molar-refractivity contribution in [3.63, 3.8) is 0 Å². The fourth-order valence-electron chi connectivity index (χ4n) is 2.84. The van der Waals surface area contributed by atoms with Gasteiger partial charge in [-0.2, -0.15) is 0 Å². The van der Waals surface area contributed by atoms with Crippen molar-refractivity contribution in [1.82, 2.24) is 4.90 Å². The predicted octanol–water partition coefficient (Wildman–Crippen LogP) is 3.42. The highest BCUT2D eigenvalue weighted by Gasteiger charge is 2.27. The Kier molecular flexibility index (Phi) is 3.74. The Bertz CT molecular complexity index is 452. The average Bonchev–Trinajstić information content (AvgIpc) is 2.33. The van der Waals surface area contributed by atoms with Gasteiger partial charge in [0.1, 0.15) is 0 Å². The van der Waals surface area contributed by atoms with Gasteiger partial charge in [-0.25, -0.2) is 0 Å². The van der Waals surface area contributed by atoms with Crippen LogP contribution in [0.4, 0.5) is 0 Å². The van der Waals surface area contributed by atoms with Crippen molar-refractivity contribution in [1.29, 1.82) is 0 Å². The first-order valence-electron chi connectivity index (χ1n) is 6.83. The molecule has 1 aromatic rings. The Morgan fingerprint density at radius 1 is 1.22 bits per heavy atom. The third-order valence-electron chi connectivity index (χ3n) is 4.29. The monoisotopic (exact) mass is 245 g/mol. The summed E-state index contributed by atoms with van der Waals surface area (Å²) in [6, 6.07) is 7.10. The molecule has 18 heavy (non-hydrogen) atoms. The average molecular weight is 245 g/mol. The topological polar surface area (TPSA) is 20.3 Å². The van der Waals surface area contributed by atoms with Gasteiger partial charge in [0.05, 0.1) is 0 Å². The summed E-state index contributed by atoms with van der Waals surface area (Å²) in [6.07, 6.45) is 2.30. The van der Waals surface area contributed by atoms with Crippen molar-refractivity contribution in [2.24, 2.45) is 0 Å². The highest BCUT2D eigenvalue weighted by Crippen LogP contribution is 2.30. The van der Waals surface area contributed by atoms with Crippen molar-refractivity contribution in [2.45, 2.75) is 52.5 Å². The van der Waals surface area contributed by atoms with Crippen LogP contribution < -0.4 is 0 Å². The Morgan fingerprint density at radius 2 is 1.94 bits per heavy atom. The summed E-state index contributed by atoms with van der Waals surface area (Å²) in [5.41, 5.74) is 4.07. The number of rotatable bonds is 1. The Labute approximate surface area is 110 Å². The van der Waals surface area contributed by atoms with Gasteiger partial charge in [-0.3, -0.25) is 4.79 Å². The molecule has 1 aliphatic rings. The third kappa shape index (κ3) is 2.58. The number of nitrogens with zero attached hydrogens (tertiary/aromatic N) is 1. The molecule has 2 heteroatoms. The van der Waals surface area contributed by atoms with Crippen LogP contribution in [-0.2, 0) is 4.79 Å². The number of hydrogen-bond donors (Lipinski definition) is 0. The minimum atomic E-state index is 0.205. The van der Waals surface area contributed by atoms with Crippen LogP contribution in [-0.4, -0.2) is 23.4 Å². The van der Waals surface area contributed by atoms with Crippen LogP contribution >= 0.6 is 0 Å². The van der Waals surface area contributed by atoms with E-state index in [0.29, 0.717) is 12.0 Å². The van der Waals surface area contributed by atoms with E-state index in [1.54, 1.807) is 6.92 Å². The highest BCUT2D eigenvalue weighted by molar-refractivity contribution is 5.73. The van der Waals surface area contributed by atoms with Crippen molar-refractivity contribution in [3.8, 4) is 0 Å². The van der Waals surface area contributed by atoms with Gasteiger partial charge in [-0.15, -0.1) is 0 Å². The minimum absolute atomic E-state index is 0.205. The fraction of sp³-hybridized carbons (Fsp3) is 0.562. The van der Waals surface area contributed by atoms with Gasteiger partial charge in [0.25, 0.3) is 0 Å². The predicted molar refractivity (Wildman–Crippen MR) is 74.7 cm³/mol. The maximum Gasteiger partial charge on any atom is 0.219 e. The molecular formula is C16H23NO. The number of aryl methyl sites for hydroxylation is 2. The third-order valence-corrected chi connectivity index (χ3v) is 4.29. The van der Waals surface area contributed by atoms with Gasteiger partial charge in [0.2, 0.25) is 5.91 Å². The molecule has 0 spiro atoms. The molecule has 1 fully saturated rings. The van der Waals surface area contributed by atoms with E-state index < -0.39 is 0 Å². The van der Waals surface area contributed by atoms with Crippen molar-refractivity contribution >= 4 is 5.91 Å². The van der Waals surface area contributed by atoms with Gasteiger partial charge in [0.15, 0.2) is 0 Å². The molecule has 0 saturated carbocycles. The van der Waals surface area contributed by atoms with E-state index in [2.05, 4.69) is 39.0 Å². The van der Waals surface area contributed by atoms with Crippen LogP contribution in [0.5, 0.6) is 0 Å². The van der Waals surface area contributed by atoms with E-state index in [-0.39, 0.29) is 5.91 Å². The van der Waals surface area contributed by atoms with Crippen LogP contribution in [0.3, 0.4) is 0 Å². The second-order valence-corrected chi connectivity index (χ2v) is 5.64. The van der Waals surface area contributed by atoms with Gasteiger partial charge in [-0.05, 0) is 50.3 Å². The number of benzene rings is 1. The summed E-state index contributed by atoms with van der Waals surface area (Å²) in [4.78, 5) is 13.7. The quantitative estimate of drug-likeness (QED) is 0.742. The first kappa shape index (κ1) is 13.1. The first-order valence-corrected chi connectivity index (χ1v) is 6.83. The maximum absolute atomic E-state index is 11.6. The smallest absolute Gasteiger partial charge is 0.219 e. The van der Waals surface area contributed by atoms with Gasteiger partial charge in [-0.1, -0.05) is 18.2 Å². The molecule has 0 N–H and O–H groups in total. The lowest BCUT2D eigenvalue weighted by atomic mass is 9.86. The Balaban J connectivity index is 2.18. The lowest BCUT2D eigenvalue weighted by molar-refractivity contribution is -0.132. The van der Waals surface area contributed by atoms with E-state index in [1.807, 2.05) is 4.90 Å². The largest absolute Gasteiger partial charge is 0.340 e. The molecule has 0 unspecified atom stereocenters. The zero-order chi connectivity index (χ0) is 13.3. The molecule has 0 aromatic heterocycles. The van der Waals surface area contributed by atoms with Gasteiger partial charge in [0, 0.05) is 25.4 Å². The minimum Gasteiger partial charge on any atom is -0.340 e. The molecule has 2 atom stereocenters. The number of piperidine rings is 1. The SMILES string of the molecule is CC(=O)N1C[C@H](c2ccc(C)c(C)c2)CC[C@H]1C. The molecule has 2 nitrogen and oxygen atoms in total. The second kappa shape index (κ2) is 5.13. The molecule has 0 aliphatic carbocycles. The van der Waals surface area contributed by atoms with Crippen LogP contribution in [0.15, 0.2) is 18.2 Å². The summed E-state index contributed by atoms with van der Waals surface area (Å²) in [5.74, 6) is 0.709. The molecule has 98 valence electrons. The Morgan fingerprint density at radius 3 is 2.56 bits per heavy atom. The molecule has 1 aromatic carbocycles. The lowest BCUT2D eigenvalue weighted by Gasteiger charge is -2.37. The number of hydrogen-bond acceptors (Lipinski definition) is 1. The van der Waals surface area contributed by atoms with Gasteiger partial charge < -0.3 is 4.90 Å². The molecule has 1 saturated heterocycles. The van der Waals surface area contributed by atoms with Crippen LogP contribution in [0.2, 0.25) is 0 Å². The molecule has 1 heterocycles. The van der Waals surface area contributed by atoms with Crippen molar-refractivity contribution < 1.29 is 4.79 Å². The van der Waals surface area contributed by atoms with Crippen molar-refractivity contribution in [2.75, 3.05) is 6.54 Å². The van der Waals surface area contributed by atoms with Crippen molar-refractivity contribution in [3.05, 3.63) is 34.9 Å². The summed E-state index contributed by atoms with van der Waals surface area (Å²) >= 11 is 0. The van der Waals surface area contributed by atoms with Crippen LogP contribution in [0.25, 0.3) is 0 Å². The number of carbonyl (C=O) groups excluding carboxylic acids is 1. The summed E-state index contributed by atoms with van der Waals surface area (Å²) in [7, 11) is 0. The fourth-order valence-corrected chi connectivity index (χ4v) is 2.84. The summed E-state index contributed by atoms with van der Waals surface area (Å²) in [6.45, 7) is 9.01. The molecule has 1 aliphatic heterocycles. The van der Waals surface area contributed by atoms with Crippen LogP contribution in [0, 0.1) is 13.8 Å². The normalized spacial score (nSPS) is 24.1. The molecule has 0 bridgehead atoms. The molecule has 2 rings (SSSR count). The second-order valence-electron chi connectivity index (χ2n) is 5.64. The van der Waals surface area contributed by atoms with E-state index >= 15 is 0 Å². The highest BCUT2D eigenvalue weighted by atomic mass is 16.2. The zero-order valence-corrected chi connectivity index (χ0v) is 11.9. The zero-order valence-electron chi connectivity index (χ0n) is 11.9. The molecule has 0 radical (unpaired) electrons. The van der Waals surface area contributed by atoms with E-state index in [0.717, 1.165) is 13.0 Å². The van der Waals surface area contributed by atoms with E-state index in [1.165, 1.54) is 23.1 Å². The molecule has 1 amide bonds. The number of carbonyl (C=O) groups is 1. The number of likely N-dealkylation sites (tertiary alicyclic amines) is 1.